The van der Waals surface area contributed by atoms with Crippen molar-refractivity contribution in [2.75, 3.05) is 14.2 Å². The van der Waals surface area contributed by atoms with E-state index in [1.807, 2.05) is 0 Å². The van der Waals surface area contributed by atoms with E-state index in [-0.39, 0.29) is 11.6 Å². The van der Waals surface area contributed by atoms with Crippen LogP contribution in [0.3, 0.4) is 0 Å². The molecule has 0 N–H and O–H groups in total. The molecule has 27 heavy (non-hydrogen) atoms. The fourth-order valence-corrected chi connectivity index (χ4v) is 3.45. The van der Waals surface area contributed by atoms with E-state index < -0.39 is 40.3 Å². The summed E-state index contributed by atoms with van der Waals surface area (Å²) in [4.78, 5) is 13.8. The topological polar surface area (TPSA) is 101 Å². The van der Waals surface area contributed by atoms with Crippen molar-refractivity contribution >= 4 is 30.2 Å². The molecule has 0 aliphatic carbocycles. The third-order valence-electron chi connectivity index (χ3n) is 3.27. The number of hydrogen-bond donors (Lipinski definition) is 0. The van der Waals surface area contributed by atoms with Crippen LogP contribution in [0.5, 0.6) is 11.6 Å². The van der Waals surface area contributed by atoms with Gasteiger partial charge >= 0.3 is 13.8 Å². The number of halogens is 4. The third-order valence-corrected chi connectivity index (χ3v) is 5.45. The molecule has 0 radical (unpaired) electrons. The lowest BCUT2D eigenvalue weighted by Gasteiger charge is -2.15. The molecule has 0 atom stereocenters. The highest BCUT2D eigenvalue weighted by molar-refractivity contribution is 7.62. The van der Waals surface area contributed by atoms with Crippen LogP contribution in [0.4, 0.5) is 18.9 Å². The van der Waals surface area contributed by atoms with Gasteiger partial charge < -0.3 is 13.8 Å². The Kier molecular flexibility index (Phi) is 6.10. The molecule has 2 aromatic rings. The molecular weight excluding hydrogens is 416 g/mol. The first-order valence-electron chi connectivity index (χ1n) is 6.93. The van der Waals surface area contributed by atoms with Crippen LogP contribution in [0.1, 0.15) is 5.56 Å². The van der Waals surface area contributed by atoms with Gasteiger partial charge in [-0.1, -0.05) is 11.6 Å². The van der Waals surface area contributed by atoms with E-state index in [1.165, 1.54) is 0 Å². The minimum atomic E-state index is -4.64. The first kappa shape index (κ1) is 21.1. The minimum absolute atomic E-state index is 0.126. The Morgan fingerprint density at radius 3 is 2.33 bits per heavy atom. The van der Waals surface area contributed by atoms with E-state index in [9.17, 15) is 27.9 Å². The summed E-state index contributed by atoms with van der Waals surface area (Å²) in [6.45, 7) is 0. The average molecular weight is 427 g/mol. The number of nitro groups is 1. The number of hydrogen-bond acceptors (Lipinski definition) is 7. The van der Waals surface area contributed by atoms with Crippen LogP contribution in [0.2, 0.25) is 5.02 Å². The molecule has 2 rings (SSSR count). The number of benzene rings is 1. The van der Waals surface area contributed by atoms with Crippen LogP contribution >= 0.6 is 19.2 Å². The lowest BCUT2D eigenvalue weighted by molar-refractivity contribution is -0.383. The maximum atomic E-state index is 12.6. The van der Waals surface area contributed by atoms with Crippen molar-refractivity contribution in [2.24, 2.45) is 0 Å². The van der Waals surface area contributed by atoms with Crippen LogP contribution in [-0.4, -0.2) is 24.1 Å². The van der Waals surface area contributed by atoms with Gasteiger partial charge in [-0.3, -0.25) is 14.7 Å². The Bertz CT molecular complexity index is 916. The van der Waals surface area contributed by atoms with Gasteiger partial charge in [0.25, 0.3) is 5.69 Å². The lowest BCUT2D eigenvalue weighted by atomic mass is 10.3. The van der Waals surface area contributed by atoms with E-state index in [0.717, 1.165) is 32.4 Å². The molecule has 0 amide bonds. The zero-order valence-electron chi connectivity index (χ0n) is 13.7. The smallest absolute Gasteiger partial charge is 0.417 e. The van der Waals surface area contributed by atoms with E-state index in [0.29, 0.717) is 12.3 Å². The molecule has 1 heterocycles. The molecule has 1 aromatic heterocycles. The second-order valence-electron chi connectivity index (χ2n) is 4.88. The third kappa shape index (κ3) is 4.56. The van der Waals surface area contributed by atoms with Gasteiger partial charge in [-0.25, -0.2) is 4.98 Å². The summed E-state index contributed by atoms with van der Waals surface area (Å²) in [6.07, 6.45) is -4.12. The summed E-state index contributed by atoms with van der Waals surface area (Å²) < 4.78 is 65.2. The fraction of sp³-hybridized carbons (Fsp3) is 0.214. The molecule has 0 aliphatic heterocycles. The van der Waals surface area contributed by atoms with E-state index in [2.05, 4.69) is 4.98 Å². The summed E-state index contributed by atoms with van der Waals surface area (Å²) in [5, 5.41) is 10.3. The predicted octanol–water partition coefficient (Wildman–Crippen LogP) is 4.57. The second-order valence-corrected chi connectivity index (χ2v) is 7.50. The largest absolute Gasteiger partial charge is 0.438 e. The maximum absolute atomic E-state index is 12.6. The van der Waals surface area contributed by atoms with E-state index >= 15 is 0 Å². The number of aromatic nitrogens is 1. The van der Waals surface area contributed by atoms with Gasteiger partial charge in [0.15, 0.2) is 0 Å². The van der Waals surface area contributed by atoms with E-state index in [4.69, 9.17) is 25.4 Å². The zero-order valence-corrected chi connectivity index (χ0v) is 15.3. The summed E-state index contributed by atoms with van der Waals surface area (Å²) in [6, 6.07) is 3.73. The molecule has 0 spiro atoms. The minimum Gasteiger partial charge on any atom is -0.438 e. The van der Waals surface area contributed by atoms with Crippen LogP contribution in [0, 0.1) is 10.1 Å². The molecule has 1 aromatic carbocycles. The molecule has 0 unspecified atom stereocenters. The SMILES string of the molecule is COP(=O)(OC)c1cc(Oc2ncc(C(F)(F)F)cc2Cl)ccc1[N+](=O)[O-]. The van der Waals surface area contributed by atoms with Crippen molar-refractivity contribution in [3.05, 3.63) is 51.2 Å². The summed E-state index contributed by atoms with van der Waals surface area (Å²) in [5.74, 6) is -0.506. The first-order chi connectivity index (χ1) is 12.5. The number of ether oxygens (including phenoxy) is 1. The molecule has 0 aliphatic rings. The van der Waals surface area contributed by atoms with Crippen molar-refractivity contribution in [2.45, 2.75) is 6.18 Å². The molecule has 0 saturated carbocycles. The number of nitrogens with zero attached hydrogens (tertiary/aromatic N) is 2. The van der Waals surface area contributed by atoms with Gasteiger partial charge in [-0.2, -0.15) is 13.2 Å². The van der Waals surface area contributed by atoms with Gasteiger partial charge in [0.1, 0.15) is 16.1 Å². The van der Waals surface area contributed by atoms with Crippen molar-refractivity contribution in [3.8, 4) is 11.6 Å². The second kappa shape index (κ2) is 7.81. The highest BCUT2D eigenvalue weighted by atomic mass is 35.5. The Morgan fingerprint density at radius 2 is 1.85 bits per heavy atom. The maximum Gasteiger partial charge on any atom is 0.417 e. The van der Waals surface area contributed by atoms with Gasteiger partial charge in [-0.05, 0) is 12.1 Å². The molecule has 13 heteroatoms. The van der Waals surface area contributed by atoms with Crippen LogP contribution in [0.15, 0.2) is 30.5 Å². The number of pyridine rings is 1. The Balaban J connectivity index is 2.46. The summed E-state index contributed by atoms with van der Waals surface area (Å²) in [7, 11) is -1.95. The van der Waals surface area contributed by atoms with Gasteiger partial charge in [0.05, 0.1) is 10.5 Å². The molecule has 146 valence electrons. The molecular formula is C14H11ClF3N2O6P. The van der Waals surface area contributed by atoms with Crippen LogP contribution in [0.25, 0.3) is 0 Å². The fourth-order valence-electron chi connectivity index (χ4n) is 1.98. The van der Waals surface area contributed by atoms with E-state index in [1.54, 1.807) is 0 Å². The Labute approximate surface area is 155 Å². The van der Waals surface area contributed by atoms with Crippen molar-refractivity contribution in [1.82, 2.24) is 4.98 Å². The molecule has 8 nitrogen and oxygen atoms in total. The summed E-state index contributed by atoms with van der Waals surface area (Å²) >= 11 is 5.75. The highest BCUT2D eigenvalue weighted by Gasteiger charge is 2.34. The normalized spacial score (nSPS) is 12.1. The lowest BCUT2D eigenvalue weighted by Crippen LogP contribution is -2.13. The van der Waals surface area contributed by atoms with Crippen LogP contribution < -0.4 is 10.0 Å². The quantitative estimate of drug-likeness (QED) is 0.379. The standard InChI is InChI=1S/C14H11ClF3N2O6P/c1-24-27(23,25-2)12-6-9(3-4-11(12)20(21)22)26-13-10(15)5-8(7-19-13)14(16,17)18/h3-7H,1-2H3. The first-order valence-corrected chi connectivity index (χ1v) is 8.85. The Morgan fingerprint density at radius 1 is 1.22 bits per heavy atom. The monoisotopic (exact) mass is 426 g/mol. The molecule has 0 bridgehead atoms. The van der Waals surface area contributed by atoms with Crippen molar-refractivity contribution < 1.29 is 36.4 Å². The van der Waals surface area contributed by atoms with Gasteiger partial charge in [0.2, 0.25) is 5.88 Å². The highest BCUT2D eigenvalue weighted by Crippen LogP contribution is 2.48. The zero-order chi connectivity index (χ0) is 20.4. The van der Waals surface area contributed by atoms with Gasteiger partial charge in [0, 0.05) is 32.5 Å². The number of nitro benzene ring substituents is 1. The number of alkyl halides is 3. The predicted molar refractivity (Wildman–Crippen MR) is 88.7 cm³/mol. The number of rotatable bonds is 6. The molecule has 0 saturated heterocycles. The van der Waals surface area contributed by atoms with Crippen molar-refractivity contribution in [3.63, 3.8) is 0 Å². The van der Waals surface area contributed by atoms with Crippen molar-refractivity contribution in [1.29, 1.82) is 0 Å². The Hall–Kier alpha value is -2.20. The van der Waals surface area contributed by atoms with Gasteiger partial charge in [-0.15, -0.1) is 0 Å². The average Bonchev–Trinajstić information content (AvgIpc) is 2.61. The van der Waals surface area contributed by atoms with Crippen LogP contribution in [-0.2, 0) is 19.8 Å². The molecule has 0 fully saturated rings. The summed E-state index contributed by atoms with van der Waals surface area (Å²) in [5.41, 5.74) is -1.63.